The fourth-order valence-electron chi connectivity index (χ4n) is 3.22. The zero-order valence-electron chi connectivity index (χ0n) is 13.5. The predicted octanol–water partition coefficient (Wildman–Crippen LogP) is 3.77. The highest BCUT2D eigenvalue weighted by Crippen LogP contribution is 2.26. The fraction of sp³-hybridized carbons (Fsp3) is 0.667. The number of hydrogen-bond acceptors (Lipinski definition) is 2. The van der Waals surface area contributed by atoms with Crippen molar-refractivity contribution >= 4 is 0 Å². The summed E-state index contributed by atoms with van der Waals surface area (Å²) in [6.07, 6.45) is 2.50. The monoisotopic (exact) mass is 274 g/mol. The summed E-state index contributed by atoms with van der Waals surface area (Å²) in [5.41, 5.74) is 2.79. The van der Waals surface area contributed by atoms with E-state index in [1.807, 2.05) is 0 Å². The van der Waals surface area contributed by atoms with Gasteiger partial charge in [-0.15, -0.1) is 0 Å². The molecule has 2 heteroatoms. The molecule has 1 aromatic rings. The largest absolute Gasteiger partial charge is 0.314 e. The lowest BCUT2D eigenvalue weighted by atomic mass is 9.91. The summed E-state index contributed by atoms with van der Waals surface area (Å²) in [5, 5.41) is 3.70. The van der Waals surface area contributed by atoms with Gasteiger partial charge in [-0.1, -0.05) is 43.7 Å². The van der Waals surface area contributed by atoms with Crippen LogP contribution in [0.3, 0.4) is 0 Å². The van der Waals surface area contributed by atoms with E-state index in [0.717, 1.165) is 12.5 Å². The van der Waals surface area contributed by atoms with Crippen molar-refractivity contribution in [3.05, 3.63) is 35.4 Å². The number of hydrogen-bond donors (Lipinski definition) is 1. The number of piperidine rings is 1. The van der Waals surface area contributed by atoms with Gasteiger partial charge in [-0.25, -0.2) is 0 Å². The molecule has 1 N–H and O–H groups in total. The van der Waals surface area contributed by atoms with Crippen LogP contribution in [-0.4, -0.2) is 30.6 Å². The minimum absolute atomic E-state index is 0.533. The molecule has 0 radical (unpaired) electrons. The average molecular weight is 274 g/mol. The third-order valence-corrected chi connectivity index (χ3v) is 4.70. The molecule has 1 aromatic carbocycles. The number of nitrogens with zero attached hydrogens (tertiary/aromatic N) is 1. The normalized spacial score (nSPS) is 25.6. The Morgan fingerprint density at radius 1 is 1.30 bits per heavy atom. The van der Waals surface area contributed by atoms with E-state index in [1.54, 1.807) is 0 Å². The van der Waals surface area contributed by atoms with Gasteiger partial charge in [0.1, 0.15) is 0 Å². The predicted molar refractivity (Wildman–Crippen MR) is 87.0 cm³/mol. The zero-order valence-corrected chi connectivity index (χ0v) is 13.5. The Kier molecular flexibility index (Phi) is 5.62. The Hall–Kier alpha value is -0.860. The van der Waals surface area contributed by atoms with E-state index in [9.17, 15) is 0 Å². The van der Waals surface area contributed by atoms with Gasteiger partial charge in [0.25, 0.3) is 0 Å². The molecule has 2 rings (SSSR count). The number of rotatable bonds is 5. The zero-order chi connectivity index (χ0) is 14.5. The standard InChI is InChI=1S/C18H30N2/c1-5-11-19-18-10-12-20(13-15(18)3)16(4)17-8-6-14(2)7-9-17/h6-9,15-16,18-19H,5,10-13H2,1-4H3. The van der Waals surface area contributed by atoms with E-state index < -0.39 is 0 Å². The summed E-state index contributed by atoms with van der Waals surface area (Å²) in [5.74, 6) is 0.739. The van der Waals surface area contributed by atoms with E-state index in [1.165, 1.54) is 37.1 Å². The third-order valence-electron chi connectivity index (χ3n) is 4.70. The summed E-state index contributed by atoms with van der Waals surface area (Å²) >= 11 is 0. The van der Waals surface area contributed by atoms with Crippen molar-refractivity contribution < 1.29 is 0 Å². The molecular weight excluding hydrogens is 244 g/mol. The molecule has 1 saturated heterocycles. The smallest absolute Gasteiger partial charge is 0.0320 e. The lowest BCUT2D eigenvalue weighted by molar-refractivity contribution is 0.111. The second-order valence-electron chi connectivity index (χ2n) is 6.41. The molecule has 112 valence electrons. The maximum Gasteiger partial charge on any atom is 0.0320 e. The summed E-state index contributed by atoms with van der Waals surface area (Å²) in [6.45, 7) is 12.7. The van der Waals surface area contributed by atoms with Crippen LogP contribution in [0.4, 0.5) is 0 Å². The fourth-order valence-corrected chi connectivity index (χ4v) is 3.22. The SMILES string of the molecule is CCCNC1CCN(C(C)c2ccc(C)cc2)CC1C. The van der Waals surface area contributed by atoms with Crippen molar-refractivity contribution in [1.82, 2.24) is 10.2 Å². The van der Waals surface area contributed by atoms with Crippen molar-refractivity contribution in [3.63, 3.8) is 0 Å². The van der Waals surface area contributed by atoms with Gasteiger partial charge in [0, 0.05) is 25.2 Å². The molecule has 0 aliphatic carbocycles. The highest BCUT2D eigenvalue weighted by Gasteiger charge is 2.28. The second kappa shape index (κ2) is 7.24. The first-order valence-corrected chi connectivity index (χ1v) is 8.15. The summed E-state index contributed by atoms with van der Waals surface area (Å²) in [4.78, 5) is 2.64. The Morgan fingerprint density at radius 3 is 2.60 bits per heavy atom. The lowest BCUT2D eigenvalue weighted by Crippen LogP contribution is -2.49. The van der Waals surface area contributed by atoms with Crippen LogP contribution >= 0.6 is 0 Å². The number of benzene rings is 1. The van der Waals surface area contributed by atoms with Gasteiger partial charge in [-0.2, -0.15) is 0 Å². The van der Waals surface area contributed by atoms with E-state index >= 15 is 0 Å². The van der Waals surface area contributed by atoms with E-state index in [0.29, 0.717) is 12.1 Å². The maximum absolute atomic E-state index is 3.70. The van der Waals surface area contributed by atoms with Gasteiger partial charge in [0.05, 0.1) is 0 Å². The maximum atomic E-state index is 3.70. The molecule has 0 bridgehead atoms. The molecule has 1 aliphatic heterocycles. The van der Waals surface area contributed by atoms with Gasteiger partial charge >= 0.3 is 0 Å². The van der Waals surface area contributed by atoms with Crippen molar-refractivity contribution in [1.29, 1.82) is 0 Å². The molecule has 0 aromatic heterocycles. The van der Waals surface area contributed by atoms with Gasteiger partial charge in [0.15, 0.2) is 0 Å². The second-order valence-corrected chi connectivity index (χ2v) is 6.41. The van der Waals surface area contributed by atoms with Crippen LogP contribution in [0.5, 0.6) is 0 Å². The third kappa shape index (κ3) is 3.83. The molecule has 20 heavy (non-hydrogen) atoms. The first-order valence-electron chi connectivity index (χ1n) is 8.15. The van der Waals surface area contributed by atoms with E-state index in [-0.39, 0.29) is 0 Å². The Morgan fingerprint density at radius 2 is 2.00 bits per heavy atom. The van der Waals surface area contributed by atoms with Crippen LogP contribution in [-0.2, 0) is 0 Å². The summed E-state index contributed by atoms with van der Waals surface area (Å²) in [6, 6.07) is 10.3. The molecule has 3 unspecified atom stereocenters. The molecule has 0 amide bonds. The van der Waals surface area contributed by atoms with Crippen LogP contribution < -0.4 is 5.32 Å². The van der Waals surface area contributed by atoms with E-state index in [2.05, 4.69) is 62.2 Å². The molecular formula is C18H30N2. The quantitative estimate of drug-likeness (QED) is 0.879. The van der Waals surface area contributed by atoms with Gasteiger partial charge in [-0.05, 0) is 44.7 Å². The van der Waals surface area contributed by atoms with Crippen molar-refractivity contribution in [3.8, 4) is 0 Å². The molecule has 1 fully saturated rings. The van der Waals surface area contributed by atoms with Crippen molar-refractivity contribution in [2.24, 2.45) is 5.92 Å². The molecule has 2 nitrogen and oxygen atoms in total. The lowest BCUT2D eigenvalue weighted by Gasteiger charge is -2.40. The van der Waals surface area contributed by atoms with Crippen LogP contribution in [0.2, 0.25) is 0 Å². The number of nitrogens with one attached hydrogen (secondary N) is 1. The molecule has 1 aliphatic rings. The minimum Gasteiger partial charge on any atom is -0.314 e. The van der Waals surface area contributed by atoms with Crippen LogP contribution in [0.15, 0.2) is 24.3 Å². The van der Waals surface area contributed by atoms with Gasteiger partial charge in [0.2, 0.25) is 0 Å². The van der Waals surface area contributed by atoms with Crippen LogP contribution in [0.1, 0.15) is 50.8 Å². The minimum atomic E-state index is 0.533. The average Bonchev–Trinajstić information content (AvgIpc) is 2.46. The van der Waals surface area contributed by atoms with Gasteiger partial charge < -0.3 is 5.32 Å². The first-order chi connectivity index (χ1) is 9.61. The molecule has 0 spiro atoms. The number of likely N-dealkylation sites (tertiary alicyclic amines) is 1. The van der Waals surface area contributed by atoms with E-state index in [4.69, 9.17) is 0 Å². The number of aryl methyl sites for hydroxylation is 1. The summed E-state index contributed by atoms with van der Waals surface area (Å²) in [7, 11) is 0. The van der Waals surface area contributed by atoms with Crippen molar-refractivity contribution in [2.75, 3.05) is 19.6 Å². The Labute approximate surface area is 124 Å². The van der Waals surface area contributed by atoms with Crippen molar-refractivity contribution in [2.45, 2.75) is 52.6 Å². The first kappa shape index (κ1) is 15.5. The van der Waals surface area contributed by atoms with Crippen LogP contribution in [0.25, 0.3) is 0 Å². The highest BCUT2D eigenvalue weighted by atomic mass is 15.2. The topological polar surface area (TPSA) is 15.3 Å². The molecule has 0 saturated carbocycles. The molecule has 3 atom stereocenters. The van der Waals surface area contributed by atoms with Gasteiger partial charge in [-0.3, -0.25) is 4.90 Å². The van der Waals surface area contributed by atoms with Crippen LogP contribution in [0, 0.1) is 12.8 Å². The Balaban J connectivity index is 1.93. The Bertz CT molecular complexity index is 398. The summed E-state index contributed by atoms with van der Waals surface area (Å²) < 4.78 is 0. The highest BCUT2D eigenvalue weighted by molar-refractivity contribution is 5.23. The molecule has 1 heterocycles.